The molecule has 3 N–H and O–H groups in total. The van der Waals surface area contributed by atoms with E-state index >= 15 is 0 Å². The molecule has 0 unspecified atom stereocenters. The summed E-state index contributed by atoms with van der Waals surface area (Å²) in [6.07, 6.45) is 2.47. The lowest BCUT2D eigenvalue weighted by molar-refractivity contribution is -0.127. The third-order valence-electron chi connectivity index (χ3n) is 4.50. The van der Waals surface area contributed by atoms with E-state index in [0.29, 0.717) is 22.3 Å². The van der Waals surface area contributed by atoms with E-state index in [4.69, 9.17) is 10.5 Å². The molecule has 0 saturated carbocycles. The zero-order chi connectivity index (χ0) is 19.7. The van der Waals surface area contributed by atoms with Gasteiger partial charge in [0.15, 0.2) is 6.10 Å². The lowest BCUT2D eigenvalue weighted by atomic mass is 10.2. The number of primary amides is 1. The normalized spacial score (nSPS) is 14.9. The van der Waals surface area contributed by atoms with Crippen LogP contribution in [0.2, 0.25) is 0 Å². The SMILES string of the molecule is Cc1c(C(=O)O[C@@H](C)C(=O)NC(N)=O)sc2nc3n(c(=O)c12)CCCCC3. The molecule has 0 spiro atoms. The smallest absolute Gasteiger partial charge is 0.349 e. The Balaban J connectivity index is 1.94. The van der Waals surface area contributed by atoms with E-state index < -0.39 is 24.0 Å². The Hall–Kier alpha value is -2.75. The summed E-state index contributed by atoms with van der Waals surface area (Å²) in [6.45, 7) is 3.61. The highest BCUT2D eigenvalue weighted by Crippen LogP contribution is 2.29. The van der Waals surface area contributed by atoms with Crippen LogP contribution in [0, 0.1) is 6.92 Å². The van der Waals surface area contributed by atoms with Gasteiger partial charge in [0.2, 0.25) is 0 Å². The van der Waals surface area contributed by atoms with Crippen molar-refractivity contribution in [3.8, 4) is 0 Å². The van der Waals surface area contributed by atoms with E-state index in [0.717, 1.165) is 42.8 Å². The number of aromatic nitrogens is 2. The first-order valence-corrected chi connectivity index (χ1v) is 9.45. The number of esters is 1. The molecule has 3 amide bonds. The summed E-state index contributed by atoms with van der Waals surface area (Å²) in [5.74, 6) is -0.831. The highest BCUT2D eigenvalue weighted by molar-refractivity contribution is 7.20. The average Bonchev–Trinajstić information content (AvgIpc) is 2.77. The van der Waals surface area contributed by atoms with Gasteiger partial charge >= 0.3 is 12.0 Å². The first kappa shape index (κ1) is 19.0. The van der Waals surface area contributed by atoms with Crippen LogP contribution in [0.5, 0.6) is 0 Å². The van der Waals surface area contributed by atoms with E-state index in [-0.39, 0.29) is 10.4 Å². The first-order valence-electron chi connectivity index (χ1n) is 8.63. The molecule has 0 aromatic carbocycles. The van der Waals surface area contributed by atoms with Crippen LogP contribution in [-0.2, 0) is 22.5 Å². The van der Waals surface area contributed by atoms with Gasteiger partial charge in [-0.2, -0.15) is 0 Å². The summed E-state index contributed by atoms with van der Waals surface area (Å²) < 4.78 is 6.80. The van der Waals surface area contributed by atoms with Crippen molar-refractivity contribution in [2.75, 3.05) is 0 Å². The Morgan fingerprint density at radius 2 is 2.04 bits per heavy atom. The van der Waals surface area contributed by atoms with Gasteiger partial charge in [-0.05, 0) is 32.3 Å². The standard InChI is InChI=1S/C17H20N4O5S/c1-8-11-14(19-10-6-4-3-5-7-21(10)15(11)23)27-12(8)16(24)26-9(2)13(22)20-17(18)25/h9H,3-7H2,1-2H3,(H3,18,20,22,25)/t9-/m0/s1. The molecule has 2 aromatic heterocycles. The van der Waals surface area contributed by atoms with Gasteiger partial charge in [0.25, 0.3) is 11.5 Å². The molecule has 3 heterocycles. The zero-order valence-corrected chi connectivity index (χ0v) is 15.9. The minimum atomic E-state index is -1.21. The second-order valence-electron chi connectivity index (χ2n) is 6.43. The zero-order valence-electron chi connectivity index (χ0n) is 15.0. The number of hydrogen-bond acceptors (Lipinski definition) is 7. The van der Waals surface area contributed by atoms with E-state index in [1.165, 1.54) is 6.92 Å². The second kappa shape index (κ2) is 7.47. The summed E-state index contributed by atoms with van der Waals surface area (Å²) in [4.78, 5) is 53.1. The molecular formula is C17H20N4O5S. The molecular weight excluding hydrogens is 372 g/mol. The van der Waals surface area contributed by atoms with Gasteiger partial charge < -0.3 is 10.5 Å². The summed E-state index contributed by atoms with van der Waals surface area (Å²) in [5, 5.41) is 2.26. The number of carbonyl (C=O) groups excluding carboxylic acids is 3. The first-order chi connectivity index (χ1) is 12.8. The van der Waals surface area contributed by atoms with Crippen molar-refractivity contribution in [1.82, 2.24) is 14.9 Å². The number of fused-ring (bicyclic) bond motifs is 2. The Labute approximate surface area is 158 Å². The summed E-state index contributed by atoms with van der Waals surface area (Å²) in [5.41, 5.74) is 5.22. The maximum Gasteiger partial charge on any atom is 0.349 e. The van der Waals surface area contributed by atoms with Crippen molar-refractivity contribution >= 4 is 39.5 Å². The molecule has 144 valence electrons. The molecule has 9 nitrogen and oxygen atoms in total. The molecule has 0 saturated heterocycles. The third-order valence-corrected chi connectivity index (χ3v) is 5.66. The van der Waals surface area contributed by atoms with Gasteiger partial charge in [-0.15, -0.1) is 11.3 Å². The largest absolute Gasteiger partial charge is 0.448 e. The predicted molar refractivity (Wildman–Crippen MR) is 98.8 cm³/mol. The maximum atomic E-state index is 12.9. The number of nitrogens with zero attached hydrogens (tertiary/aromatic N) is 2. The van der Waals surface area contributed by atoms with Gasteiger partial charge in [-0.3, -0.25) is 19.5 Å². The van der Waals surface area contributed by atoms with Crippen LogP contribution in [0.15, 0.2) is 4.79 Å². The molecule has 10 heteroatoms. The topological polar surface area (TPSA) is 133 Å². The molecule has 0 radical (unpaired) electrons. The Kier molecular flexibility index (Phi) is 5.26. The van der Waals surface area contributed by atoms with Gasteiger partial charge in [0.1, 0.15) is 15.5 Å². The van der Waals surface area contributed by atoms with Crippen LogP contribution >= 0.6 is 11.3 Å². The molecule has 2 aromatic rings. The Bertz CT molecular complexity index is 993. The van der Waals surface area contributed by atoms with E-state index in [1.54, 1.807) is 11.5 Å². The Morgan fingerprint density at radius 1 is 1.30 bits per heavy atom. The van der Waals surface area contributed by atoms with Crippen molar-refractivity contribution in [3.05, 3.63) is 26.6 Å². The number of ether oxygens (including phenoxy) is 1. The minimum absolute atomic E-state index is 0.149. The fourth-order valence-electron chi connectivity index (χ4n) is 3.10. The van der Waals surface area contributed by atoms with E-state index in [2.05, 4.69) is 4.98 Å². The van der Waals surface area contributed by atoms with Gasteiger partial charge in [0, 0.05) is 13.0 Å². The fourth-order valence-corrected chi connectivity index (χ4v) is 4.17. The predicted octanol–water partition coefficient (Wildman–Crippen LogP) is 1.23. The molecule has 0 bridgehead atoms. The number of carbonyl (C=O) groups is 3. The lowest BCUT2D eigenvalue weighted by Crippen LogP contribution is -2.42. The molecule has 0 fully saturated rings. The summed E-state index contributed by atoms with van der Waals surface area (Å²) >= 11 is 1.07. The maximum absolute atomic E-state index is 12.9. The monoisotopic (exact) mass is 392 g/mol. The number of nitrogens with one attached hydrogen (secondary N) is 1. The Morgan fingerprint density at radius 3 is 2.74 bits per heavy atom. The number of imide groups is 1. The average molecular weight is 392 g/mol. The minimum Gasteiger partial charge on any atom is -0.448 e. The molecule has 0 aliphatic carbocycles. The van der Waals surface area contributed by atoms with Crippen LogP contribution < -0.4 is 16.6 Å². The summed E-state index contributed by atoms with van der Waals surface area (Å²) in [6, 6.07) is -1.03. The number of aryl methyl sites for hydroxylation is 2. The van der Waals surface area contributed by atoms with Crippen molar-refractivity contribution in [2.24, 2.45) is 5.73 Å². The number of amides is 3. The molecule has 3 rings (SSSR count). The summed E-state index contributed by atoms with van der Waals surface area (Å²) in [7, 11) is 0. The van der Waals surface area contributed by atoms with Gasteiger partial charge in [0.05, 0.1) is 5.39 Å². The highest BCUT2D eigenvalue weighted by Gasteiger charge is 2.26. The quantitative estimate of drug-likeness (QED) is 0.755. The van der Waals surface area contributed by atoms with Crippen molar-refractivity contribution in [2.45, 2.75) is 52.2 Å². The van der Waals surface area contributed by atoms with Crippen molar-refractivity contribution in [1.29, 1.82) is 0 Å². The van der Waals surface area contributed by atoms with Crippen molar-refractivity contribution < 1.29 is 19.1 Å². The number of hydrogen-bond donors (Lipinski definition) is 2. The second-order valence-corrected chi connectivity index (χ2v) is 7.43. The van der Waals surface area contributed by atoms with Crippen LogP contribution in [0.1, 0.15) is 47.2 Å². The fraction of sp³-hybridized carbons (Fsp3) is 0.471. The van der Waals surface area contributed by atoms with E-state index in [1.807, 2.05) is 5.32 Å². The van der Waals surface area contributed by atoms with Crippen LogP contribution in [-0.4, -0.2) is 33.6 Å². The van der Waals surface area contributed by atoms with Crippen LogP contribution in [0.25, 0.3) is 10.2 Å². The number of urea groups is 1. The van der Waals surface area contributed by atoms with Crippen LogP contribution in [0.3, 0.4) is 0 Å². The third kappa shape index (κ3) is 3.70. The highest BCUT2D eigenvalue weighted by atomic mass is 32.1. The van der Waals surface area contributed by atoms with Gasteiger partial charge in [-0.25, -0.2) is 14.6 Å². The molecule has 1 aliphatic heterocycles. The van der Waals surface area contributed by atoms with E-state index in [9.17, 15) is 19.2 Å². The molecule has 1 aliphatic rings. The van der Waals surface area contributed by atoms with Gasteiger partial charge in [-0.1, -0.05) is 6.42 Å². The lowest BCUT2D eigenvalue weighted by Gasteiger charge is -2.11. The number of nitrogens with two attached hydrogens (primary N) is 1. The molecule has 27 heavy (non-hydrogen) atoms. The van der Waals surface area contributed by atoms with Crippen molar-refractivity contribution in [3.63, 3.8) is 0 Å². The van der Waals surface area contributed by atoms with Crippen LogP contribution in [0.4, 0.5) is 4.79 Å². The number of thiophene rings is 1. The molecule has 1 atom stereocenters. The number of rotatable bonds is 3.